The Hall–Kier alpha value is -1.56. The third-order valence-electron chi connectivity index (χ3n) is 2.52. The molecule has 1 unspecified atom stereocenters. The summed E-state index contributed by atoms with van der Waals surface area (Å²) in [5.74, 6) is -0.517. The van der Waals surface area contributed by atoms with E-state index >= 15 is 0 Å². The van der Waals surface area contributed by atoms with Crippen molar-refractivity contribution >= 4 is 23.2 Å². The molecule has 19 heavy (non-hydrogen) atoms. The third-order valence-corrected chi connectivity index (χ3v) is 3.40. The lowest BCUT2D eigenvalue weighted by atomic mass is 10.1. The van der Waals surface area contributed by atoms with Gasteiger partial charge < -0.3 is 15.2 Å². The van der Waals surface area contributed by atoms with Gasteiger partial charge in [0.05, 0.1) is 0 Å². The molecule has 5 nitrogen and oxygen atoms in total. The molecule has 2 N–H and O–H groups in total. The van der Waals surface area contributed by atoms with E-state index in [1.54, 1.807) is 18.4 Å². The molecule has 0 aliphatic rings. The van der Waals surface area contributed by atoms with Gasteiger partial charge >= 0.3 is 5.97 Å². The number of ether oxygens (including phenoxy) is 1. The van der Waals surface area contributed by atoms with Crippen molar-refractivity contribution in [1.29, 1.82) is 0 Å². The molecule has 1 amide bonds. The predicted molar refractivity (Wildman–Crippen MR) is 73.8 cm³/mol. The van der Waals surface area contributed by atoms with Crippen LogP contribution in [-0.4, -0.2) is 29.6 Å². The van der Waals surface area contributed by atoms with Gasteiger partial charge in [-0.05, 0) is 30.7 Å². The van der Waals surface area contributed by atoms with Gasteiger partial charge in [-0.1, -0.05) is 13.8 Å². The van der Waals surface area contributed by atoms with Crippen LogP contribution in [0, 0.1) is 5.92 Å². The number of nitrogens with one attached hydrogen (secondary N) is 1. The van der Waals surface area contributed by atoms with E-state index in [1.807, 2.05) is 0 Å². The van der Waals surface area contributed by atoms with Crippen molar-refractivity contribution < 1.29 is 19.4 Å². The van der Waals surface area contributed by atoms with Crippen LogP contribution in [0.4, 0.5) is 0 Å². The van der Waals surface area contributed by atoms with Gasteiger partial charge in [0.2, 0.25) is 0 Å². The first-order valence-electron chi connectivity index (χ1n) is 6.17. The molecule has 6 heteroatoms. The minimum absolute atomic E-state index is 0.113. The number of hydrogen-bond donors (Lipinski definition) is 2. The van der Waals surface area contributed by atoms with Gasteiger partial charge in [0, 0.05) is 6.54 Å². The van der Waals surface area contributed by atoms with Crippen molar-refractivity contribution in [2.24, 2.45) is 5.92 Å². The fourth-order valence-electron chi connectivity index (χ4n) is 1.42. The molecule has 0 spiro atoms. The van der Waals surface area contributed by atoms with E-state index in [0.29, 0.717) is 12.5 Å². The van der Waals surface area contributed by atoms with Crippen molar-refractivity contribution in [2.45, 2.75) is 33.3 Å². The number of amides is 1. The van der Waals surface area contributed by atoms with Gasteiger partial charge in [-0.2, -0.15) is 0 Å². The first-order valence-corrected chi connectivity index (χ1v) is 7.05. The van der Waals surface area contributed by atoms with E-state index in [2.05, 4.69) is 19.2 Å². The summed E-state index contributed by atoms with van der Waals surface area (Å²) in [6.45, 7) is 6.36. The van der Waals surface area contributed by atoms with Crippen molar-refractivity contribution in [3.8, 4) is 5.75 Å². The monoisotopic (exact) mass is 285 g/mol. The van der Waals surface area contributed by atoms with Crippen molar-refractivity contribution in [3.63, 3.8) is 0 Å². The Labute approximate surface area is 116 Å². The average Bonchev–Trinajstić information content (AvgIpc) is 2.76. The van der Waals surface area contributed by atoms with E-state index < -0.39 is 12.1 Å². The highest BCUT2D eigenvalue weighted by Crippen LogP contribution is 2.25. The Bertz CT molecular complexity index is 442. The largest absolute Gasteiger partial charge is 0.479 e. The lowest BCUT2D eigenvalue weighted by Crippen LogP contribution is -2.37. The highest BCUT2D eigenvalue weighted by Gasteiger charge is 2.19. The Balaban J connectivity index is 2.49. The van der Waals surface area contributed by atoms with E-state index in [0.717, 1.165) is 17.8 Å². The molecule has 106 valence electrons. The van der Waals surface area contributed by atoms with E-state index in [-0.39, 0.29) is 16.5 Å². The normalized spacial score (nSPS) is 12.2. The van der Waals surface area contributed by atoms with Gasteiger partial charge in [0.25, 0.3) is 5.91 Å². The third kappa shape index (κ3) is 4.90. The lowest BCUT2D eigenvalue weighted by Gasteiger charge is -2.14. The standard InChI is InChI=1S/C13H19NO4S/c1-8(2)4-6-14-12(15)9(3)18-10-5-7-19-11(10)13(16)17/h5,7-9H,4,6H2,1-3H3,(H,14,15)(H,16,17). The van der Waals surface area contributed by atoms with E-state index in [1.165, 1.54) is 0 Å². The number of rotatable bonds is 7. The second-order valence-corrected chi connectivity index (χ2v) is 5.57. The topological polar surface area (TPSA) is 75.6 Å². The zero-order chi connectivity index (χ0) is 14.4. The number of carbonyl (C=O) groups excluding carboxylic acids is 1. The summed E-state index contributed by atoms with van der Waals surface area (Å²) in [7, 11) is 0. The number of carboxylic acid groups (broad SMARTS) is 1. The summed E-state index contributed by atoms with van der Waals surface area (Å²) in [6.07, 6.45) is 0.192. The van der Waals surface area contributed by atoms with Gasteiger partial charge in [-0.25, -0.2) is 4.79 Å². The van der Waals surface area contributed by atoms with Crippen molar-refractivity contribution in [3.05, 3.63) is 16.3 Å². The van der Waals surface area contributed by atoms with Crippen LogP contribution in [0.3, 0.4) is 0 Å². The summed E-state index contributed by atoms with van der Waals surface area (Å²) in [4.78, 5) is 22.8. The van der Waals surface area contributed by atoms with Crippen LogP contribution in [-0.2, 0) is 4.79 Å². The molecular formula is C13H19NO4S. The van der Waals surface area contributed by atoms with E-state index in [4.69, 9.17) is 9.84 Å². The van der Waals surface area contributed by atoms with Crippen LogP contribution < -0.4 is 10.1 Å². The minimum Gasteiger partial charge on any atom is -0.479 e. The van der Waals surface area contributed by atoms with Crippen LogP contribution in [0.1, 0.15) is 36.9 Å². The Kier molecular flexibility index (Phi) is 5.82. The molecule has 1 aromatic rings. The minimum atomic E-state index is -1.04. The molecule has 0 fully saturated rings. The van der Waals surface area contributed by atoms with Crippen molar-refractivity contribution in [1.82, 2.24) is 5.32 Å². The summed E-state index contributed by atoms with van der Waals surface area (Å²) in [5.41, 5.74) is 0. The fraction of sp³-hybridized carbons (Fsp3) is 0.538. The lowest BCUT2D eigenvalue weighted by molar-refractivity contribution is -0.127. The SMILES string of the molecule is CC(C)CCNC(=O)C(C)Oc1ccsc1C(=O)O. The molecule has 0 saturated heterocycles. The second-order valence-electron chi connectivity index (χ2n) is 4.65. The molecular weight excluding hydrogens is 266 g/mol. The van der Waals surface area contributed by atoms with Crippen LogP contribution in [0.2, 0.25) is 0 Å². The number of carbonyl (C=O) groups is 2. The maximum Gasteiger partial charge on any atom is 0.349 e. The summed E-state index contributed by atoms with van der Waals surface area (Å²) in [6, 6.07) is 1.56. The highest BCUT2D eigenvalue weighted by molar-refractivity contribution is 7.12. The first-order chi connectivity index (χ1) is 8.91. The quantitative estimate of drug-likeness (QED) is 0.806. The molecule has 1 heterocycles. The molecule has 0 aromatic carbocycles. The van der Waals surface area contributed by atoms with Crippen LogP contribution in [0.5, 0.6) is 5.75 Å². The van der Waals surface area contributed by atoms with Crippen molar-refractivity contribution in [2.75, 3.05) is 6.54 Å². The molecule has 0 radical (unpaired) electrons. The molecule has 0 aliphatic carbocycles. The molecule has 1 atom stereocenters. The Morgan fingerprint density at radius 3 is 2.68 bits per heavy atom. The smallest absolute Gasteiger partial charge is 0.349 e. The molecule has 0 aliphatic heterocycles. The van der Waals surface area contributed by atoms with Gasteiger partial charge in [-0.3, -0.25) is 4.79 Å². The predicted octanol–water partition coefficient (Wildman–Crippen LogP) is 2.38. The highest BCUT2D eigenvalue weighted by atomic mass is 32.1. The van der Waals surface area contributed by atoms with Crippen LogP contribution >= 0.6 is 11.3 Å². The molecule has 0 bridgehead atoms. The zero-order valence-electron chi connectivity index (χ0n) is 11.3. The molecule has 1 aromatic heterocycles. The maximum absolute atomic E-state index is 11.8. The average molecular weight is 285 g/mol. The summed E-state index contributed by atoms with van der Waals surface area (Å²) >= 11 is 1.08. The van der Waals surface area contributed by atoms with E-state index in [9.17, 15) is 9.59 Å². The van der Waals surface area contributed by atoms with Crippen LogP contribution in [0.25, 0.3) is 0 Å². The number of hydrogen-bond acceptors (Lipinski definition) is 4. The Morgan fingerprint density at radius 1 is 1.42 bits per heavy atom. The number of thiophene rings is 1. The fourth-order valence-corrected chi connectivity index (χ4v) is 2.08. The van der Waals surface area contributed by atoms with Gasteiger partial charge in [0.1, 0.15) is 5.75 Å². The van der Waals surface area contributed by atoms with Crippen LogP contribution in [0.15, 0.2) is 11.4 Å². The van der Waals surface area contributed by atoms with Gasteiger partial charge in [-0.15, -0.1) is 11.3 Å². The second kappa shape index (κ2) is 7.13. The maximum atomic E-state index is 11.8. The Morgan fingerprint density at radius 2 is 2.11 bits per heavy atom. The first kappa shape index (κ1) is 15.5. The zero-order valence-corrected chi connectivity index (χ0v) is 12.1. The summed E-state index contributed by atoms with van der Waals surface area (Å²) in [5, 5.41) is 13.3. The van der Waals surface area contributed by atoms with Gasteiger partial charge in [0.15, 0.2) is 11.0 Å². The number of carboxylic acids is 1. The molecule has 1 rings (SSSR count). The summed E-state index contributed by atoms with van der Waals surface area (Å²) < 4.78 is 5.38. The number of aromatic carboxylic acids is 1. The molecule has 0 saturated carbocycles.